The molecule has 0 saturated heterocycles. The summed E-state index contributed by atoms with van der Waals surface area (Å²) < 4.78 is 2.09. The van der Waals surface area contributed by atoms with E-state index in [1.165, 1.54) is 10.8 Å². The van der Waals surface area contributed by atoms with E-state index in [1.54, 1.807) is 45.0 Å². The average molecular weight is 414 g/mol. The molecule has 9 heteroatoms. The van der Waals surface area contributed by atoms with Crippen molar-refractivity contribution in [2.75, 3.05) is 17.2 Å². The molecule has 29 heavy (non-hydrogen) atoms. The highest BCUT2D eigenvalue weighted by Gasteiger charge is 2.14. The molecule has 0 bridgehead atoms. The highest BCUT2D eigenvalue weighted by atomic mass is 32.1. The quantitative estimate of drug-likeness (QED) is 0.625. The number of nitrogens with zero attached hydrogens (tertiary/aromatic N) is 2. The zero-order valence-electron chi connectivity index (χ0n) is 16.5. The third-order valence-electron chi connectivity index (χ3n) is 3.95. The van der Waals surface area contributed by atoms with Crippen molar-refractivity contribution in [3.05, 3.63) is 43.8 Å². The molecule has 2 amide bonds. The van der Waals surface area contributed by atoms with Crippen molar-refractivity contribution in [2.24, 2.45) is 0 Å². The number of nitriles is 1. The summed E-state index contributed by atoms with van der Waals surface area (Å²) in [5, 5.41) is 17.8. The van der Waals surface area contributed by atoms with Gasteiger partial charge >= 0.3 is 0 Å². The predicted octanol–water partition coefficient (Wildman–Crippen LogP) is 0.939. The van der Waals surface area contributed by atoms with Gasteiger partial charge in [-0.1, -0.05) is 13.0 Å². The Balaban J connectivity index is 2.46. The summed E-state index contributed by atoms with van der Waals surface area (Å²) in [6, 6.07) is 9.00. The van der Waals surface area contributed by atoms with Gasteiger partial charge in [-0.2, -0.15) is 5.26 Å². The smallest absolute Gasteiger partial charge is 0.270 e. The Morgan fingerprint density at radius 1 is 1.24 bits per heavy atom. The minimum atomic E-state index is -0.502. The van der Waals surface area contributed by atoms with Gasteiger partial charge in [0.1, 0.15) is 15.3 Å². The second kappa shape index (κ2) is 10.2. The third-order valence-corrected chi connectivity index (χ3v) is 5.08. The van der Waals surface area contributed by atoms with Crippen molar-refractivity contribution in [2.45, 2.75) is 33.7 Å². The molecule has 0 spiro atoms. The van der Waals surface area contributed by atoms with E-state index in [9.17, 15) is 19.6 Å². The Labute approximate surface area is 172 Å². The number of benzene rings is 1. The monoisotopic (exact) mass is 413 g/mol. The molecule has 0 aliphatic heterocycles. The van der Waals surface area contributed by atoms with Crippen molar-refractivity contribution in [1.82, 2.24) is 9.88 Å². The van der Waals surface area contributed by atoms with Crippen LogP contribution in [0.15, 0.2) is 29.1 Å². The van der Waals surface area contributed by atoms with Gasteiger partial charge in [0.15, 0.2) is 5.57 Å². The lowest BCUT2D eigenvalue weighted by Gasteiger charge is -2.06. The normalized spacial score (nSPS) is 12.1. The van der Waals surface area contributed by atoms with Gasteiger partial charge in [0.05, 0.1) is 0 Å². The summed E-state index contributed by atoms with van der Waals surface area (Å²) in [5.41, 5.74) is 0.959. The van der Waals surface area contributed by atoms with Crippen LogP contribution in [0.1, 0.15) is 27.2 Å². The molecule has 0 unspecified atom stereocenters. The first-order valence-electron chi connectivity index (χ1n) is 9.23. The number of hydrogen-bond donors (Lipinski definition) is 3. The number of thiazole rings is 1. The van der Waals surface area contributed by atoms with Gasteiger partial charge in [-0.25, -0.2) is 0 Å². The van der Waals surface area contributed by atoms with Crippen LogP contribution in [-0.2, 0) is 16.1 Å². The van der Waals surface area contributed by atoms with Crippen LogP contribution in [0, 0.1) is 11.3 Å². The fraction of sp³-hybridized carbons (Fsp3) is 0.300. The highest BCUT2D eigenvalue weighted by molar-refractivity contribution is 7.07. The maximum Gasteiger partial charge on any atom is 0.270 e. The molecule has 1 heterocycles. The molecular formula is C20H23N5O3S. The van der Waals surface area contributed by atoms with E-state index in [0.29, 0.717) is 40.1 Å². The zero-order valence-corrected chi connectivity index (χ0v) is 17.4. The largest absolute Gasteiger partial charge is 0.360 e. The first-order chi connectivity index (χ1) is 13.9. The number of amides is 2. The number of carbonyl (C=O) groups is 2. The summed E-state index contributed by atoms with van der Waals surface area (Å²) >= 11 is 1.08. The Bertz CT molecular complexity index is 1120. The second-order valence-corrected chi connectivity index (χ2v) is 6.97. The SMILES string of the molecule is CCNC(=O)/C(C#N)=c1\s/c(=C/Nc2cccc(NC(=O)CC)c2)c(=O)n1CC. The van der Waals surface area contributed by atoms with Crippen LogP contribution in [0.3, 0.4) is 0 Å². The summed E-state index contributed by atoms with van der Waals surface area (Å²) in [7, 11) is 0. The lowest BCUT2D eigenvalue weighted by molar-refractivity contribution is -0.116. The van der Waals surface area contributed by atoms with E-state index in [-0.39, 0.29) is 17.0 Å². The van der Waals surface area contributed by atoms with Gasteiger partial charge < -0.3 is 16.0 Å². The standard InChI is InChI=1S/C20H23N5O3S/c1-4-17(26)24-14-9-7-8-13(10-14)23-12-16-19(28)25(6-3)20(29-16)15(11-21)18(27)22-5-2/h7-10,12,23H,4-6H2,1-3H3,(H,22,27)(H,24,26)/b16-12+,20-15-. The van der Waals surface area contributed by atoms with E-state index < -0.39 is 5.91 Å². The zero-order chi connectivity index (χ0) is 21.4. The number of aromatic nitrogens is 1. The van der Waals surface area contributed by atoms with Crippen LogP contribution < -0.4 is 30.7 Å². The predicted molar refractivity (Wildman–Crippen MR) is 115 cm³/mol. The summed E-state index contributed by atoms with van der Waals surface area (Å²) in [6.07, 6.45) is 1.91. The first kappa shape index (κ1) is 21.9. The van der Waals surface area contributed by atoms with Crippen LogP contribution in [0.2, 0.25) is 0 Å². The number of carbonyl (C=O) groups excluding carboxylic acids is 2. The van der Waals surface area contributed by atoms with Gasteiger partial charge in [-0.3, -0.25) is 19.0 Å². The minimum Gasteiger partial charge on any atom is -0.360 e. The maximum atomic E-state index is 12.7. The van der Waals surface area contributed by atoms with E-state index in [1.807, 2.05) is 6.07 Å². The van der Waals surface area contributed by atoms with Gasteiger partial charge in [-0.05, 0) is 32.0 Å². The molecule has 152 valence electrons. The van der Waals surface area contributed by atoms with Crippen molar-refractivity contribution < 1.29 is 9.59 Å². The molecule has 0 aliphatic carbocycles. The molecule has 0 radical (unpaired) electrons. The molecule has 0 saturated carbocycles. The fourth-order valence-corrected chi connectivity index (χ4v) is 3.61. The van der Waals surface area contributed by atoms with Gasteiger partial charge in [0.25, 0.3) is 11.5 Å². The minimum absolute atomic E-state index is 0.0836. The molecule has 1 aromatic carbocycles. The Hall–Kier alpha value is -3.38. The lowest BCUT2D eigenvalue weighted by Crippen LogP contribution is -2.34. The molecule has 0 atom stereocenters. The van der Waals surface area contributed by atoms with Crippen LogP contribution in [-0.4, -0.2) is 22.9 Å². The van der Waals surface area contributed by atoms with E-state index in [0.717, 1.165) is 11.3 Å². The molecule has 0 fully saturated rings. The third kappa shape index (κ3) is 5.33. The lowest BCUT2D eigenvalue weighted by atomic mass is 10.2. The Morgan fingerprint density at radius 3 is 2.59 bits per heavy atom. The molecule has 0 aliphatic rings. The topological polar surface area (TPSA) is 116 Å². The van der Waals surface area contributed by atoms with Gasteiger partial charge in [0, 0.05) is 37.1 Å². The van der Waals surface area contributed by atoms with Crippen LogP contribution in [0.25, 0.3) is 11.8 Å². The molecule has 8 nitrogen and oxygen atoms in total. The summed E-state index contributed by atoms with van der Waals surface area (Å²) in [4.78, 5) is 36.4. The molecule has 1 aromatic heterocycles. The van der Waals surface area contributed by atoms with Crippen molar-refractivity contribution in [3.8, 4) is 6.07 Å². The van der Waals surface area contributed by atoms with E-state index in [2.05, 4.69) is 16.0 Å². The fourth-order valence-electron chi connectivity index (χ4n) is 2.52. The summed E-state index contributed by atoms with van der Waals surface area (Å²) in [5.74, 6) is -0.595. The second-order valence-electron chi connectivity index (χ2n) is 5.94. The molecular weight excluding hydrogens is 390 g/mol. The van der Waals surface area contributed by atoms with E-state index >= 15 is 0 Å². The van der Waals surface area contributed by atoms with Crippen LogP contribution >= 0.6 is 11.3 Å². The van der Waals surface area contributed by atoms with Crippen molar-refractivity contribution in [3.63, 3.8) is 0 Å². The molecule has 3 N–H and O–H groups in total. The summed E-state index contributed by atoms with van der Waals surface area (Å²) in [6.45, 7) is 6.03. The molecule has 2 aromatic rings. The highest BCUT2D eigenvalue weighted by Crippen LogP contribution is 2.15. The van der Waals surface area contributed by atoms with Crippen molar-refractivity contribution >= 4 is 46.3 Å². The Kier molecular flexibility index (Phi) is 7.74. The average Bonchev–Trinajstić information content (AvgIpc) is 3.02. The van der Waals surface area contributed by atoms with E-state index in [4.69, 9.17) is 0 Å². The Morgan fingerprint density at radius 2 is 1.97 bits per heavy atom. The number of hydrogen-bond acceptors (Lipinski definition) is 6. The van der Waals surface area contributed by atoms with Crippen LogP contribution in [0.5, 0.6) is 0 Å². The first-order valence-corrected chi connectivity index (χ1v) is 10.1. The number of rotatable bonds is 7. The van der Waals surface area contributed by atoms with Crippen LogP contribution in [0.4, 0.5) is 11.4 Å². The van der Waals surface area contributed by atoms with Gasteiger partial charge in [0.2, 0.25) is 5.91 Å². The van der Waals surface area contributed by atoms with Crippen molar-refractivity contribution in [1.29, 1.82) is 5.26 Å². The number of nitrogens with one attached hydrogen (secondary N) is 3. The number of anilines is 2. The van der Waals surface area contributed by atoms with Gasteiger partial charge in [-0.15, -0.1) is 11.3 Å². The molecule has 2 rings (SSSR count). The maximum absolute atomic E-state index is 12.7.